The van der Waals surface area contributed by atoms with Crippen LogP contribution in [0.3, 0.4) is 0 Å². The summed E-state index contributed by atoms with van der Waals surface area (Å²) in [5.74, 6) is 1.03. The van der Waals surface area contributed by atoms with Crippen molar-refractivity contribution in [2.45, 2.75) is 19.8 Å². The van der Waals surface area contributed by atoms with Gasteiger partial charge in [-0.2, -0.15) is 0 Å². The fourth-order valence-electron chi connectivity index (χ4n) is 3.22. The van der Waals surface area contributed by atoms with E-state index in [9.17, 15) is 9.59 Å². The molecule has 2 aromatic carbocycles. The number of rotatable bonds is 7. The van der Waals surface area contributed by atoms with Crippen molar-refractivity contribution in [3.05, 3.63) is 54.6 Å². The van der Waals surface area contributed by atoms with Gasteiger partial charge in [-0.25, -0.2) is 0 Å². The number of likely N-dealkylation sites (tertiary alicyclic amines) is 1. The minimum atomic E-state index is -0.205. The van der Waals surface area contributed by atoms with Gasteiger partial charge in [0.2, 0.25) is 5.91 Å². The number of para-hydroxylation sites is 1. The van der Waals surface area contributed by atoms with Gasteiger partial charge in [-0.1, -0.05) is 18.2 Å². The Bertz CT molecular complexity index is 777. The lowest BCUT2D eigenvalue weighted by Crippen LogP contribution is -2.45. The first-order valence-electron chi connectivity index (χ1n) is 9.65. The smallest absolute Gasteiger partial charge is 0.260 e. The van der Waals surface area contributed by atoms with Crippen LogP contribution in [0.5, 0.6) is 11.5 Å². The second-order valence-electron chi connectivity index (χ2n) is 6.73. The Morgan fingerprint density at radius 3 is 2.39 bits per heavy atom. The molecule has 2 amide bonds. The van der Waals surface area contributed by atoms with Crippen LogP contribution in [0.4, 0.5) is 5.69 Å². The van der Waals surface area contributed by atoms with E-state index in [1.807, 2.05) is 49.4 Å². The van der Waals surface area contributed by atoms with E-state index in [1.54, 1.807) is 17.0 Å². The molecule has 1 N–H and O–H groups in total. The Hall–Kier alpha value is -3.02. The SMILES string of the molecule is CCOc1ccc(OCC(=O)N2CCCC(C(=O)Nc3ccccc3)C2)cc1. The maximum atomic E-state index is 12.5. The number of hydrogen-bond donors (Lipinski definition) is 1. The summed E-state index contributed by atoms with van der Waals surface area (Å²) in [6, 6.07) is 16.6. The first kappa shape index (κ1) is 19.7. The quantitative estimate of drug-likeness (QED) is 0.798. The number of carbonyl (C=O) groups is 2. The van der Waals surface area contributed by atoms with Crippen molar-refractivity contribution < 1.29 is 19.1 Å². The number of carbonyl (C=O) groups excluding carboxylic acids is 2. The summed E-state index contributed by atoms with van der Waals surface area (Å²) in [6.07, 6.45) is 1.59. The molecule has 1 atom stereocenters. The van der Waals surface area contributed by atoms with Crippen LogP contribution in [0.2, 0.25) is 0 Å². The Kier molecular flexibility index (Phi) is 6.89. The first-order chi connectivity index (χ1) is 13.7. The van der Waals surface area contributed by atoms with Crippen LogP contribution >= 0.6 is 0 Å². The molecule has 1 aliphatic heterocycles. The van der Waals surface area contributed by atoms with Crippen LogP contribution < -0.4 is 14.8 Å². The molecule has 2 aromatic rings. The van der Waals surface area contributed by atoms with Gasteiger partial charge in [0, 0.05) is 18.8 Å². The third kappa shape index (κ3) is 5.49. The lowest BCUT2D eigenvalue weighted by molar-refractivity contribution is -0.136. The van der Waals surface area contributed by atoms with Crippen LogP contribution in [0, 0.1) is 5.92 Å². The number of amides is 2. The van der Waals surface area contributed by atoms with Crippen molar-refractivity contribution in [2.24, 2.45) is 5.92 Å². The fraction of sp³-hybridized carbons (Fsp3) is 0.364. The molecule has 148 valence electrons. The van der Waals surface area contributed by atoms with Gasteiger partial charge < -0.3 is 19.7 Å². The highest BCUT2D eigenvalue weighted by Gasteiger charge is 2.28. The van der Waals surface area contributed by atoms with Gasteiger partial charge in [0.05, 0.1) is 12.5 Å². The van der Waals surface area contributed by atoms with Gasteiger partial charge in [-0.3, -0.25) is 9.59 Å². The minimum Gasteiger partial charge on any atom is -0.494 e. The standard InChI is InChI=1S/C22H26N2O4/c1-2-27-19-10-12-20(13-11-19)28-16-21(25)24-14-6-7-17(15-24)22(26)23-18-8-4-3-5-9-18/h3-5,8-13,17H,2,6-7,14-16H2,1H3,(H,23,26). The molecule has 6 nitrogen and oxygen atoms in total. The second kappa shape index (κ2) is 9.78. The Labute approximate surface area is 165 Å². The summed E-state index contributed by atoms with van der Waals surface area (Å²) in [5.41, 5.74) is 0.773. The molecule has 0 spiro atoms. The second-order valence-corrected chi connectivity index (χ2v) is 6.73. The van der Waals surface area contributed by atoms with Crippen LogP contribution in [0.15, 0.2) is 54.6 Å². The third-order valence-electron chi connectivity index (χ3n) is 4.68. The van der Waals surface area contributed by atoms with Gasteiger partial charge >= 0.3 is 0 Å². The number of anilines is 1. The Balaban J connectivity index is 1.49. The monoisotopic (exact) mass is 382 g/mol. The molecule has 0 saturated carbocycles. The average molecular weight is 382 g/mol. The van der Waals surface area contributed by atoms with E-state index < -0.39 is 0 Å². The van der Waals surface area contributed by atoms with Crippen LogP contribution in [0.25, 0.3) is 0 Å². The molecule has 0 bridgehead atoms. The topological polar surface area (TPSA) is 67.9 Å². The highest BCUT2D eigenvalue weighted by Crippen LogP contribution is 2.20. The molecule has 3 rings (SSSR count). The first-order valence-corrected chi connectivity index (χ1v) is 9.65. The zero-order valence-corrected chi connectivity index (χ0v) is 16.1. The zero-order chi connectivity index (χ0) is 19.8. The number of nitrogens with one attached hydrogen (secondary N) is 1. The molecule has 1 heterocycles. The number of benzene rings is 2. The molecule has 0 radical (unpaired) electrons. The largest absolute Gasteiger partial charge is 0.494 e. The lowest BCUT2D eigenvalue weighted by atomic mass is 9.97. The van der Waals surface area contributed by atoms with E-state index in [1.165, 1.54) is 0 Å². The maximum Gasteiger partial charge on any atom is 0.260 e. The Morgan fingerprint density at radius 1 is 1.04 bits per heavy atom. The average Bonchev–Trinajstić information content (AvgIpc) is 2.74. The fourth-order valence-corrected chi connectivity index (χ4v) is 3.22. The van der Waals surface area contributed by atoms with E-state index in [0.29, 0.717) is 25.4 Å². The van der Waals surface area contributed by atoms with Crippen molar-refractivity contribution in [3.63, 3.8) is 0 Å². The molecule has 28 heavy (non-hydrogen) atoms. The van der Waals surface area contributed by atoms with Crippen molar-refractivity contribution in [3.8, 4) is 11.5 Å². The molecule has 6 heteroatoms. The molecular weight excluding hydrogens is 356 g/mol. The van der Waals surface area contributed by atoms with E-state index in [0.717, 1.165) is 24.3 Å². The van der Waals surface area contributed by atoms with Gasteiger partial charge in [0.25, 0.3) is 5.91 Å². The highest BCUT2D eigenvalue weighted by atomic mass is 16.5. The summed E-state index contributed by atoms with van der Waals surface area (Å²) in [7, 11) is 0. The van der Waals surface area contributed by atoms with Gasteiger partial charge in [-0.15, -0.1) is 0 Å². The number of nitrogens with zero attached hydrogens (tertiary/aromatic N) is 1. The van der Waals surface area contributed by atoms with Crippen molar-refractivity contribution in [1.29, 1.82) is 0 Å². The van der Waals surface area contributed by atoms with E-state index in [-0.39, 0.29) is 24.3 Å². The molecule has 1 unspecified atom stereocenters. The highest BCUT2D eigenvalue weighted by molar-refractivity contribution is 5.93. The maximum absolute atomic E-state index is 12.5. The van der Waals surface area contributed by atoms with E-state index >= 15 is 0 Å². The van der Waals surface area contributed by atoms with Crippen molar-refractivity contribution >= 4 is 17.5 Å². The van der Waals surface area contributed by atoms with E-state index in [2.05, 4.69) is 5.32 Å². The third-order valence-corrected chi connectivity index (χ3v) is 4.68. The summed E-state index contributed by atoms with van der Waals surface area (Å²) in [4.78, 5) is 26.7. The van der Waals surface area contributed by atoms with Gasteiger partial charge in [0.1, 0.15) is 11.5 Å². The number of ether oxygens (including phenoxy) is 2. The summed E-state index contributed by atoms with van der Waals surface area (Å²) in [5, 5.41) is 2.92. The van der Waals surface area contributed by atoms with Gasteiger partial charge in [-0.05, 0) is 56.2 Å². The van der Waals surface area contributed by atoms with Crippen LogP contribution in [-0.4, -0.2) is 43.0 Å². The lowest BCUT2D eigenvalue weighted by Gasteiger charge is -2.32. The predicted molar refractivity (Wildman–Crippen MR) is 107 cm³/mol. The zero-order valence-electron chi connectivity index (χ0n) is 16.1. The van der Waals surface area contributed by atoms with Crippen LogP contribution in [-0.2, 0) is 9.59 Å². The van der Waals surface area contributed by atoms with Crippen molar-refractivity contribution in [1.82, 2.24) is 4.90 Å². The number of piperidine rings is 1. The molecule has 0 aromatic heterocycles. The summed E-state index contributed by atoms with van der Waals surface area (Å²) >= 11 is 0. The van der Waals surface area contributed by atoms with Crippen LogP contribution in [0.1, 0.15) is 19.8 Å². The van der Waals surface area contributed by atoms with Gasteiger partial charge in [0.15, 0.2) is 6.61 Å². The molecule has 1 saturated heterocycles. The van der Waals surface area contributed by atoms with E-state index in [4.69, 9.17) is 9.47 Å². The molecular formula is C22H26N2O4. The summed E-state index contributed by atoms with van der Waals surface area (Å²) in [6.45, 7) is 3.56. The number of hydrogen-bond acceptors (Lipinski definition) is 4. The normalized spacial score (nSPS) is 16.3. The molecule has 1 aliphatic rings. The minimum absolute atomic E-state index is 0.0407. The Morgan fingerprint density at radius 2 is 1.71 bits per heavy atom. The molecule has 0 aliphatic carbocycles. The molecule has 1 fully saturated rings. The predicted octanol–water partition coefficient (Wildman–Crippen LogP) is 3.34. The summed E-state index contributed by atoms with van der Waals surface area (Å²) < 4.78 is 11.0. The van der Waals surface area contributed by atoms with Crippen molar-refractivity contribution in [2.75, 3.05) is 31.6 Å².